The summed E-state index contributed by atoms with van der Waals surface area (Å²) in [4.78, 5) is 23.2. The van der Waals surface area contributed by atoms with Gasteiger partial charge in [0.2, 0.25) is 0 Å². The lowest BCUT2D eigenvalue weighted by Gasteiger charge is -2.08. The van der Waals surface area contributed by atoms with Gasteiger partial charge in [-0.15, -0.1) is 0 Å². The number of benzene rings is 3. The van der Waals surface area contributed by atoms with Crippen molar-refractivity contribution in [2.75, 3.05) is 0 Å². The third kappa shape index (κ3) is 5.13. The molecule has 6 heteroatoms. The van der Waals surface area contributed by atoms with E-state index in [1.807, 2.05) is 42.5 Å². The Hall–Kier alpha value is -3.80. The predicted octanol–water partition coefficient (Wildman–Crippen LogP) is 3.45. The minimum Gasteiger partial charge on any atom is -0.508 e. The van der Waals surface area contributed by atoms with Gasteiger partial charge in [-0.3, -0.25) is 9.59 Å². The zero-order chi connectivity index (χ0) is 21.0. The normalized spacial score (nSPS) is 10.6. The van der Waals surface area contributed by atoms with Gasteiger partial charge in [0.15, 0.2) is 0 Å². The molecule has 0 aliphatic carbocycles. The molecular formula is C23H20O6. The second-order valence-electron chi connectivity index (χ2n) is 6.82. The van der Waals surface area contributed by atoms with Crippen LogP contribution in [0.1, 0.15) is 16.7 Å². The number of phenols is 3. The largest absolute Gasteiger partial charge is 0.508 e. The van der Waals surface area contributed by atoms with Gasteiger partial charge in [-0.2, -0.15) is 0 Å². The molecule has 3 aromatic rings. The van der Waals surface area contributed by atoms with Crippen molar-refractivity contribution in [3.63, 3.8) is 0 Å². The monoisotopic (exact) mass is 392 g/mol. The van der Waals surface area contributed by atoms with Crippen LogP contribution in [0, 0.1) is 0 Å². The molecule has 0 unspecified atom stereocenters. The molecule has 0 fully saturated rings. The van der Waals surface area contributed by atoms with Gasteiger partial charge in [0, 0.05) is 30.5 Å². The Labute approximate surface area is 167 Å². The first-order chi connectivity index (χ1) is 13.8. The summed E-state index contributed by atoms with van der Waals surface area (Å²) in [5, 5.41) is 37.9. The van der Waals surface area contributed by atoms with Crippen LogP contribution in [0.3, 0.4) is 0 Å². The van der Waals surface area contributed by atoms with Crippen LogP contribution < -0.4 is 0 Å². The molecule has 0 spiro atoms. The van der Waals surface area contributed by atoms with Crippen molar-refractivity contribution in [1.29, 1.82) is 0 Å². The molecule has 0 saturated heterocycles. The lowest BCUT2D eigenvalue weighted by molar-refractivity contribution is -0.136. The highest BCUT2D eigenvalue weighted by Gasteiger charge is 2.14. The zero-order valence-electron chi connectivity index (χ0n) is 15.5. The van der Waals surface area contributed by atoms with Crippen LogP contribution in [-0.2, 0) is 28.9 Å². The van der Waals surface area contributed by atoms with Crippen LogP contribution in [0.15, 0.2) is 60.7 Å². The first kappa shape index (κ1) is 19.9. The Bertz CT molecular complexity index is 1030. The fourth-order valence-corrected chi connectivity index (χ4v) is 3.15. The fourth-order valence-electron chi connectivity index (χ4n) is 3.15. The Morgan fingerprint density at radius 1 is 0.690 bits per heavy atom. The molecule has 0 saturated carbocycles. The Balaban J connectivity index is 1.69. The average Bonchev–Trinajstić information content (AvgIpc) is 2.65. The van der Waals surface area contributed by atoms with Gasteiger partial charge in [0.1, 0.15) is 23.0 Å². The fraction of sp³-hybridized carbons (Fsp3) is 0.130. The number of aliphatic carboxylic acids is 1. The van der Waals surface area contributed by atoms with Crippen LogP contribution in [0.4, 0.5) is 0 Å². The number of carbonyl (C=O) groups is 2. The smallest absolute Gasteiger partial charge is 0.307 e. The third-order valence-corrected chi connectivity index (χ3v) is 4.53. The highest BCUT2D eigenvalue weighted by Crippen LogP contribution is 2.32. The summed E-state index contributed by atoms with van der Waals surface area (Å²) in [6.07, 6.45) is -0.0760. The number of carboxylic acid groups (broad SMARTS) is 1. The van der Waals surface area contributed by atoms with E-state index < -0.39 is 5.97 Å². The standard InChI is InChI=1S/C23H20O6/c24-18(11-20-21(26)12-19(25)13-22(20)27)9-14-4-6-16(7-5-14)17-3-1-2-15(8-17)10-23(28)29/h1-8,12-13,25-27H,9-11H2,(H,28,29). The van der Waals surface area contributed by atoms with E-state index in [1.54, 1.807) is 6.07 Å². The Morgan fingerprint density at radius 3 is 1.97 bits per heavy atom. The summed E-state index contributed by atoms with van der Waals surface area (Å²) in [6.45, 7) is 0. The van der Waals surface area contributed by atoms with Crippen molar-refractivity contribution in [2.45, 2.75) is 19.3 Å². The van der Waals surface area contributed by atoms with Gasteiger partial charge >= 0.3 is 5.97 Å². The number of hydrogen-bond acceptors (Lipinski definition) is 5. The summed E-state index contributed by atoms with van der Waals surface area (Å²) < 4.78 is 0. The lowest BCUT2D eigenvalue weighted by Crippen LogP contribution is -2.07. The number of carbonyl (C=O) groups excluding carboxylic acids is 1. The van der Waals surface area contributed by atoms with Crippen molar-refractivity contribution < 1.29 is 30.0 Å². The average molecular weight is 392 g/mol. The van der Waals surface area contributed by atoms with Gasteiger partial charge in [-0.25, -0.2) is 0 Å². The Kier molecular flexibility index (Phi) is 5.83. The maximum absolute atomic E-state index is 12.3. The number of hydrogen-bond donors (Lipinski definition) is 4. The van der Waals surface area contributed by atoms with E-state index in [0.717, 1.165) is 28.8 Å². The molecule has 3 aromatic carbocycles. The molecule has 0 atom stereocenters. The topological polar surface area (TPSA) is 115 Å². The van der Waals surface area contributed by atoms with E-state index in [2.05, 4.69) is 0 Å². The van der Waals surface area contributed by atoms with Gasteiger partial charge in [0.25, 0.3) is 0 Å². The number of rotatable bonds is 7. The molecule has 29 heavy (non-hydrogen) atoms. The van der Waals surface area contributed by atoms with E-state index >= 15 is 0 Å². The highest BCUT2D eigenvalue weighted by molar-refractivity contribution is 5.84. The van der Waals surface area contributed by atoms with Gasteiger partial charge in [-0.05, 0) is 22.3 Å². The van der Waals surface area contributed by atoms with Crippen molar-refractivity contribution in [3.8, 4) is 28.4 Å². The minimum absolute atomic E-state index is 0.0443. The molecule has 0 heterocycles. The number of Topliss-reactive ketones (excluding diaryl/α,β-unsaturated/α-hetero) is 1. The minimum atomic E-state index is -0.887. The number of ketones is 1. The van der Waals surface area contributed by atoms with Crippen LogP contribution in [0.25, 0.3) is 11.1 Å². The molecule has 0 aliphatic rings. The molecule has 148 valence electrons. The first-order valence-electron chi connectivity index (χ1n) is 8.97. The summed E-state index contributed by atoms with van der Waals surface area (Å²) in [5.74, 6) is -2.02. The van der Waals surface area contributed by atoms with Crippen molar-refractivity contribution >= 4 is 11.8 Å². The quantitative estimate of drug-likeness (QED) is 0.490. The lowest BCUT2D eigenvalue weighted by atomic mass is 9.98. The van der Waals surface area contributed by atoms with Crippen LogP contribution in [0.2, 0.25) is 0 Å². The van der Waals surface area contributed by atoms with E-state index in [1.165, 1.54) is 0 Å². The molecule has 0 aromatic heterocycles. The number of aromatic hydroxyl groups is 3. The summed E-state index contributed by atoms with van der Waals surface area (Å²) in [5.41, 5.74) is 3.36. The number of phenolic OH excluding ortho intramolecular Hbond substituents is 3. The SMILES string of the molecule is O=C(O)Cc1cccc(-c2ccc(CC(=O)Cc3c(O)cc(O)cc3O)cc2)c1. The van der Waals surface area contributed by atoms with Crippen molar-refractivity contribution in [3.05, 3.63) is 77.4 Å². The Morgan fingerprint density at radius 2 is 1.34 bits per heavy atom. The third-order valence-electron chi connectivity index (χ3n) is 4.53. The van der Waals surface area contributed by atoms with E-state index in [9.17, 15) is 24.9 Å². The summed E-state index contributed by atoms with van der Waals surface area (Å²) in [7, 11) is 0. The van der Waals surface area contributed by atoms with Gasteiger partial charge in [0.05, 0.1) is 6.42 Å². The van der Waals surface area contributed by atoms with E-state index in [-0.39, 0.29) is 47.9 Å². The summed E-state index contributed by atoms with van der Waals surface area (Å²) >= 11 is 0. The zero-order valence-corrected chi connectivity index (χ0v) is 15.5. The predicted molar refractivity (Wildman–Crippen MR) is 107 cm³/mol. The highest BCUT2D eigenvalue weighted by atomic mass is 16.4. The summed E-state index contributed by atoms with van der Waals surface area (Å²) in [6, 6.07) is 16.8. The maximum atomic E-state index is 12.3. The van der Waals surface area contributed by atoms with Crippen LogP contribution >= 0.6 is 0 Å². The van der Waals surface area contributed by atoms with Gasteiger partial charge in [-0.1, -0.05) is 48.5 Å². The first-order valence-corrected chi connectivity index (χ1v) is 8.97. The number of carboxylic acids is 1. The molecule has 4 N–H and O–H groups in total. The van der Waals surface area contributed by atoms with Crippen LogP contribution in [-0.4, -0.2) is 32.2 Å². The molecule has 0 bridgehead atoms. The van der Waals surface area contributed by atoms with E-state index in [0.29, 0.717) is 5.56 Å². The second-order valence-corrected chi connectivity index (χ2v) is 6.82. The molecule has 0 radical (unpaired) electrons. The molecule has 0 aliphatic heterocycles. The van der Waals surface area contributed by atoms with Crippen molar-refractivity contribution in [2.24, 2.45) is 0 Å². The van der Waals surface area contributed by atoms with Crippen LogP contribution in [0.5, 0.6) is 17.2 Å². The molecule has 0 amide bonds. The van der Waals surface area contributed by atoms with E-state index in [4.69, 9.17) is 5.11 Å². The molecular weight excluding hydrogens is 372 g/mol. The molecule has 6 nitrogen and oxygen atoms in total. The maximum Gasteiger partial charge on any atom is 0.307 e. The van der Waals surface area contributed by atoms with Crippen molar-refractivity contribution in [1.82, 2.24) is 0 Å². The second kappa shape index (κ2) is 8.48. The van der Waals surface area contributed by atoms with Gasteiger partial charge < -0.3 is 20.4 Å². The molecule has 3 rings (SSSR count).